The zero-order valence-electron chi connectivity index (χ0n) is 26.9. The molecule has 248 valence electrons. The number of likely N-dealkylation sites (tertiary alicyclic amines) is 2. The molecule has 2 amide bonds. The molecule has 0 bridgehead atoms. The maximum absolute atomic E-state index is 15.4. The number of aliphatic hydroxyl groups excluding tert-OH is 1. The van der Waals surface area contributed by atoms with E-state index in [9.17, 15) is 14.7 Å². The van der Waals surface area contributed by atoms with Crippen molar-refractivity contribution in [3.63, 3.8) is 0 Å². The summed E-state index contributed by atoms with van der Waals surface area (Å²) < 4.78 is 20.0. The lowest BCUT2D eigenvalue weighted by Gasteiger charge is -2.30. The molecule has 2 saturated heterocycles. The molecule has 0 saturated carbocycles. The summed E-state index contributed by atoms with van der Waals surface area (Å²) >= 11 is 0. The van der Waals surface area contributed by atoms with Gasteiger partial charge < -0.3 is 30.0 Å². The van der Waals surface area contributed by atoms with Gasteiger partial charge in [0.25, 0.3) is 0 Å². The summed E-state index contributed by atoms with van der Waals surface area (Å²) in [5, 5.41) is 13.2. The van der Waals surface area contributed by atoms with E-state index in [0.29, 0.717) is 46.3 Å². The number of carbonyl (C=O) groups excluding carboxylic acids is 2. The summed E-state index contributed by atoms with van der Waals surface area (Å²) in [5.41, 5.74) is 2.86. The third kappa shape index (κ3) is 6.60. The van der Waals surface area contributed by atoms with Gasteiger partial charge in [-0.2, -0.15) is 0 Å². The zero-order chi connectivity index (χ0) is 33.2. The van der Waals surface area contributed by atoms with Crippen LogP contribution in [0.5, 0.6) is 0 Å². The lowest BCUT2D eigenvalue weighted by molar-refractivity contribution is -0.134. The third-order valence-corrected chi connectivity index (χ3v) is 8.96. The predicted molar refractivity (Wildman–Crippen MR) is 171 cm³/mol. The largest absolute Gasteiger partial charge is 0.453 e. The summed E-state index contributed by atoms with van der Waals surface area (Å²) in [7, 11) is 1.25. The summed E-state index contributed by atoms with van der Waals surface area (Å²) in [6, 6.07) is 3.84. The van der Waals surface area contributed by atoms with Gasteiger partial charge in [0.1, 0.15) is 29.7 Å². The van der Waals surface area contributed by atoms with Crippen molar-refractivity contribution in [2.45, 2.75) is 70.8 Å². The smallest absolute Gasteiger partial charge is 0.407 e. The van der Waals surface area contributed by atoms with Gasteiger partial charge in [-0.15, -0.1) is 0 Å². The van der Waals surface area contributed by atoms with Crippen molar-refractivity contribution >= 4 is 12.0 Å². The number of benzene rings is 1. The minimum absolute atomic E-state index is 0.0417. The quantitative estimate of drug-likeness (QED) is 0.204. The first-order chi connectivity index (χ1) is 22.6. The van der Waals surface area contributed by atoms with Gasteiger partial charge >= 0.3 is 6.09 Å². The van der Waals surface area contributed by atoms with Crippen molar-refractivity contribution in [3.8, 4) is 33.9 Å². The number of hydrogen-bond donors (Lipinski definition) is 4. The molecule has 5 heterocycles. The molecule has 4 N–H and O–H groups in total. The van der Waals surface area contributed by atoms with Crippen LogP contribution >= 0.6 is 0 Å². The Morgan fingerprint density at radius 1 is 0.936 bits per heavy atom. The minimum atomic E-state index is -0.735. The first-order valence-corrected chi connectivity index (χ1v) is 16.0. The Morgan fingerprint density at radius 2 is 1.60 bits per heavy atom. The summed E-state index contributed by atoms with van der Waals surface area (Å²) in [4.78, 5) is 53.0. The molecule has 2 fully saturated rings. The van der Waals surface area contributed by atoms with Crippen LogP contribution in [0, 0.1) is 11.7 Å². The van der Waals surface area contributed by atoms with Crippen molar-refractivity contribution < 1.29 is 23.8 Å². The number of alkyl carbamates (subject to hydrolysis) is 1. The molecule has 4 atom stereocenters. The van der Waals surface area contributed by atoms with Crippen LogP contribution < -0.4 is 5.32 Å². The zero-order valence-corrected chi connectivity index (χ0v) is 26.9. The standard InChI is InChI=1S/C33H40FN9O4/c1-18(2)31(44)42-11-5-7-26(42)30-38-17-25(41-30)22-10-9-20(13-23(22)34)28-35-14-21(15-36-28)24-16-37-29(40-24)27-8-6-12-43(27)32(45)19(3)39-33(46)47-4/h9-10,13-19,26-27,31,44H,5-8,11-12H2,1-4H3,(H,37,40)(H,38,41)(H,39,46)/t19-,26-,27-,31?/m0/s1. The lowest BCUT2D eigenvalue weighted by Crippen LogP contribution is -2.46. The number of carbonyl (C=O) groups is 2. The average molecular weight is 646 g/mol. The van der Waals surface area contributed by atoms with Gasteiger partial charge in [0.05, 0.1) is 43.0 Å². The van der Waals surface area contributed by atoms with E-state index in [2.05, 4.69) is 44.9 Å². The number of H-pyrrole nitrogens is 2. The number of methoxy groups -OCH3 is 1. The highest BCUT2D eigenvalue weighted by Crippen LogP contribution is 2.35. The molecule has 6 rings (SSSR count). The molecule has 0 radical (unpaired) electrons. The average Bonchev–Trinajstić information content (AvgIpc) is 3.90. The molecule has 2 aliphatic rings. The first kappa shape index (κ1) is 32.3. The van der Waals surface area contributed by atoms with E-state index < -0.39 is 24.2 Å². The van der Waals surface area contributed by atoms with Crippen LogP contribution in [0.1, 0.15) is 70.2 Å². The third-order valence-electron chi connectivity index (χ3n) is 8.96. The Labute approximate surface area is 272 Å². The molecule has 1 aromatic carbocycles. The van der Waals surface area contributed by atoms with Gasteiger partial charge in [-0.1, -0.05) is 19.9 Å². The van der Waals surface area contributed by atoms with Crippen molar-refractivity contribution in [2.24, 2.45) is 5.92 Å². The first-order valence-electron chi connectivity index (χ1n) is 16.0. The molecule has 3 aromatic heterocycles. The van der Waals surface area contributed by atoms with Gasteiger partial charge in [0.2, 0.25) is 5.91 Å². The fraction of sp³-hybridized carbons (Fsp3) is 0.455. The number of aromatic amines is 2. The molecule has 0 spiro atoms. The molecule has 2 aliphatic heterocycles. The van der Waals surface area contributed by atoms with Crippen LogP contribution in [0.4, 0.5) is 9.18 Å². The topological polar surface area (TPSA) is 165 Å². The fourth-order valence-corrected chi connectivity index (χ4v) is 6.43. The number of nitrogens with zero attached hydrogens (tertiary/aromatic N) is 6. The number of imidazole rings is 2. The number of aliphatic hydroxyl groups is 1. The molecule has 0 aliphatic carbocycles. The van der Waals surface area contributed by atoms with Crippen LogP contribution in [-0.4, -0.2) is 89.3 Å². The summed E-state index contributed by atoms with van der Waals surface area (Å²) in [6.07, 6.45) is 8.76. The number of halogens is 1. The molecular formula is C33H40FN9O4. The van der Waals surface area contributed by atoms with Crippen molar-refractivity contribution in [1.29, 1.82) is 0 Å². The van der Waals surface area contributed by atoms with E-state index in [1.54, 1.807) is 48.7 Å². The van der Waals surface area contributed by atoms with Gasteiger partial charge in [-0.25, -0.2) is 29.1 Å². The number of amides is 2. The second-order valence-electron chi connectivity index (χ2n) is 12.5. The van der Waals surface area contributed by atoms with Crippen LogP contribution in [0.15, 0.2) is 43.0 Å². The number of nitrogens with one attached hydrogen (secondary N) is 3. The Balaban J connectivity index is 1.13. The molecule has 4 aromatic rings. The highest BCUT2D eigenvalue weighted by atomic mass is 19.1. The summed E-state index contributed by atoms with van der Waals surface area (Å²) in [6.45, 7) is 6.95. The van der Waals surface area contributed by atoms with Gasteiger partial charge in [0.15, 0.2) is 5.82 Å². The maximum Gasteiger partial charge on any atom is 0.407 e. The maximum atomic E-state index is 15.4. The normalized spacial score (nSPS) is 19.7. The Morgan fingerprint density at radius 3 is 2.30 bits per heavy atom. The SMILES string of the molecule is COC(=O)N[C@@H](C)C(=O)N1CCC[C@H]1c1ncc(-c2cnc(-c3ccc(-c4cnc([C@@H]5CCCN5C(O)C(C)C)[nH]4)c(F)c3)nc2)[nH]1. The summed E-state index contributed by atoms with van der Waals surface area (Å²) in [5.74, 6) is 1.18. The number of ether oxygens (including phenoxy) is 1. The van der Waals surface area contributed by atoms with Crippen LogP contribution in [0.2, 0.25) is 0 Å². The molecule has 13 nitrogen and oxygen atoms in total. The Hall–Kier alpha value is -4.69. The fourth-order valence-electron chi connectivity index (χ4n) is 6.43. The van der Waals surface area contributed by atoms with Gasteiger partial charge in [0, 0.05) is 42.2 Å². The van der Waals surface area contributed by atoms with Crippen molar-refractivity contribution in [3.05, 3.63) is 60.5 Å². The van der Waals surface area contributed by atoms with Crippen LogP contribution in [-0.2, 0) is 9.53 Å². The van der Waals surface area contributed by atoms with E-state index in [0.717, 1.165) is 38.1 Å². The van der Waals surface area contributed by atoms with Gasteiger partial charge in [-0.05, 0) is 50.7 Å². The van der Waals surface area contributed by atoms with E-state index in [-0.39, 0.29) is 23.9 Å². The highest BCUT2D eigenvalue weighted by molar-refractivity contribution is 5.85. The monoisotopic (exact) mass is 645 g/mol. The van der Waals surface area contributed by atoms with E-state index >= 15 is 4.39 Å². The molecule has 47 heavy (non-hydrogen) atoms. The number of hydrogen-bond acceptors (Lipinski definition) is 9. The van der Waals surface area contributed by atoms with E-state index in [1.807, 2.05) is 13.8 Å². The van der Waals surface area contributed by atoms with Crippen molar-refractivity contribution in [1.82, 2.24) is 45.0 Å². The van der Waals surface area contributed by atoms with E-state index in [4.69, 9.17) is 0 Å². The van der Waals surface area contributed by atoms with E-state index in [1.165, 1.54) is 13.2 Å². The lowest BCUT2D eigenvalue weighted by atomic mass is 10.1. The second-order valence-corrected chi connectivity index (χ2v) is 12.5. The van der Waals surface area contributed by atoms with Crippen LogP contribution in [0.3, 0.4) is 0 Å². The number of rotatable bonds is 9. The highest BCUT2D eigenvalue weighted by Gasteiger charge is 2.35. The van der Waals surface area contributed by atoms with Gasteiger partial charge in [-0.3, -0.25) is 9.69 Å². The van der Waals surface area contributed by atoms with Crippen LogP contribution in [0.25, 0.3) is 33.9 Å². The Kier molecular flexibility index (Phi) is 9.32. The second kappa shape index (κ2) is 13.6. The van der Waals surface area contributed by atoms with Crippen molar-refractivity contribution in [2.75, 3.05) is 20.2 Å². The Bertz CT molecular complexity index is 1720. The molecular weight excluding hydrogens is 605 g/mol. The number of aromatic nitrogens is 6. The predicted octanol–water partition coefficient (Wildman–Crippen LogP) is 4.58. The molecule has 1 unspecified atom stereocenters. The minimum Gasteiger partial charge on any atom is -0.453 e. The molecule has 14 heteroatoms.